The predicted octanol–water partition coefficient (Wildman–Crippen LogP) is 1.29. The monoisotopic (exact) mass is 408 g/mol. The molecule has 0 bridgehead atoms. The molecule has 9 heteroatoms. The first-order chi connectivity index (χ1) is 13.2. The Balaban J connectivity index is 1.62. The van der Waals surface area contributed by atoms with Gasteiger partial charge in [0.2, 0.25) is 10.0 Å². The van der Waals surface area contributed by atoms with E-state index in [4.69, 9.17) is 0 Å². The van der Waals surface area contributed by atoms with Gasteiger partial charge in [-0.25, -0.2) is 18.1 Å². The van der Waals surface area contributed by atoms with Crippen LogP contribution in [0.1, 0.15) is 30.9 Å². The van der Waals surface area contributed by atoms with Crippen LogP contribution in [0.2, 0.25) is 0 Å². The molecule has 28 heavy (non-hydrogen) atoms. The van der Waals surface area contributed by atoms with Gasteiger partial charge in [-0.15, -0.1) is 0 Å². The van der Waals surface area contributed by atoms with Gasteiger partial charge in [0.05, 0.1) is 11.6 Å². The Morgan fingerprint density at radius 2 is 1.79 bits per heavy atom. The third kappa shape index (κ3) is 4.06. The quantitative estimate of drug-likeness (QED) is 0.717. The molecular weight excluding hydrogens is 380 g/mol. The number of imide groups is 1. The second kappa shape index (κ2) is 8.18. The molecule has 8 nitrogen and oxygen atoms in total. The van der Waals surface area contributed by atoms with Crippen molar-refractivity contribution in [1.82, 2.24) is 19.4 Å². The molecule has 2 saturated heterocycles. The van der Waals surface area contributed by atoms with E-state index in [1.54, 1.807) is 13.0 Å². The number of amides is 3. The van der Waals surface area contributed by atoms with Crippen LogP contribution >= 0.6 is 0 Å². The maximum absolute atomic E-state index is 13.0. The summed E-state index contributed by atoms with van der Waals surface area (Å²) in [6.45, 7) is 7.45. The van der Waals surface area contributed by atoms with Crippen molar-refractivity contribution in [2.75, 3.05) is 32.8 Å². The topological polar surface area (TPSA) is 90.0 Å². The number of sulfonamides is 1. The second-order valence-corrected chi connectivity index (χ2v) is 9.40. The standard InChI is InChI=1S/C19H28N4O4S/c1-4-5-16-18(24)23(19(25)20-16)13-21-8-10-22(11-9-21)28(26,27)17-12-14(2)6-7-15(17)3/h6-7,12,16H,4-5,8-11,13H2,1-3H3,(H,20,25)/t16-/m1/s1. The lowest BCUT2D eigenvalue weighted by molar-refractivity contribution is -0.129. The van der Waals surface area contributed by atoms with Gasteiger partial charge >= 0.3 is 6.03 Å². The lowest BCUT2D eigenvalue weighted by Crippen LogP contribution is -2.52. The highest BCUT2D eigenvalue weighted by Gasteiger charge is 2.39. The van der Waals surface area contributed by atoms with E-state index < -0.39 is 16.1 Å². The van der Waals surface area contributed by atoms with Crippen molar-refractivity contribution in [3.63, 3.8) is 0 Å². The van der Waals surface area contributed by atoms with E-state index in [2.05, 4.69) is 5.32 Å². The Hall–Kier alpha value is -1.97. The van der Waals surface area contributed by atoms with Crippen LogP contribution in [0.25, 0.3) is 0 Å². The van der Waals surface area contributed by atoms with Crippen molar-refractivity contribution >= 4 is 22.0 Å². The molecule has 0 spiro atoms. The van der Waals surface area contributed by atoms with Crippen LogP contribution in [0, 0.1) is 13.8 Å². The number of carbonyl (C=O) groups is 2. The molecule has 154 valence electrons. The largest absolute Gasteiger partial charge is 0.326 e. The third-order valence-corrected chi connectivity index (χ3v) is 7.36. The van der Waals surface area contributed by atoms with Gasteiger partial charge in [0.25, 0.3) is 5.91 Å². The predicted molar refractivity (Wildman–Crippen MR) is 105 cm³/mol. The number of nitrogens with one attached hydrogen (secondary N) is 1. The fourth-order valence-corrected chi connectivity index (χ4v) is 5.36. The van der Waals surface area contributed by atoms with Crippen molar-refractivity contribution in [2.45, 2.75) is 44.6 Å². The normalized spacial score (nSPS) is 22.0. The Labute approximate surface area is 166 Å². The molecule has 1 N–H and O–H groups in total. The minimum atomic E-state index is -3.56. The Morgan fingerprint density at radius 3 is 2.43 bits per heavy atom. The van der Waals surface area contributed by atoms with Crippen molar-refractivity contribution < 1.29 is 18.0 Å². The van der Waals surface area contributed by atoms with Gasteiger partial charge in [0, 0.05) is 26.2 Å². The summed E-state index contributed by atoms with van der Waals surface area (Å²) in [5.74, 6) is -0.197. The molecule has 0 aromatic heterocycles. The Morgan fingerprint density at radius 1 is 1.11 bits per heavy atom. The molecule has 1 aromatic carbocycles. The molecular formula is C19H28N4O4S. The smallest absolute Gasteiger partial charge is 0.325 e. The van der Waals surface area contributed by atoms with Gasteiger partial charge in [0.15, 0.2) is 0 Å². The zero-order valence-electron chi connectivity index (χ0n) is 16.6. The zero-order valence-corrected chi connectivity index (χ0v) is 17.5. The van der Waals surface area contributed by atoms with Crippen LogP contribution < -0.4 is 5.32 Å². The average molecular weight is 409 g/mol. The number of benzene rings is 1. The molecule has 2 aliphatic rings. The minimum Gasteiger partial charge on any atom is -0.326 e. The lowest BCUT2D eigenvalue weighted by Gasteiger charge is -2.35. The van der Waals surface area contributed by atoms with Crippen molar-refractivity contribution in [1.29, 1.82) is 0 Å². The SMILES string of the molecule is CCC[C@H]1NC(=O)N(CN2CCN(S(=O)(=O)c3cc(C)ccc3C)CC2)C1=O. The van der Waals surface area contributed by atoms with Gasteiger partial charge in [0.1, 0.15) is 6.04 Å². The van der Waals surface area contributed by atoms with Gasteiger partial charge in [-0.05, 0) is 37.5 Å². The molecule has 1 aromatic rings. The molecule has 3 rings (SSSR count). The summed E-state index contributed by atoms with van der Waals surface area (Å²) in [5, 5.41) is 2.71. The van der Waals surface area contributed by atoms with E-state index in [0.717, 1.165) is 17.5 Å². The van der Waals surface area contributed by atoms with Crippen LogP contribution in [0.5, 0.6) is 0 Å². The zero-order chi connectivity index (χ0) is 20.5. The van der Waals surface area contributed by atoms with E-state index in [9.17, 15) is 18.0 Å². The van der Waals surface area contributed by atoms with Crippen LogP contribution in [0.4, 0.5) is 4.79 Å². The first-order valence-electron chi connectivity index (χ1n) is 9.65. The molecule has 0 saturated carbocycles. The first kappa shape index (κ1) is 20.8. The molecule has 0 aliphatic carbocycles. The first-order valence-corrected chi connectivity index (χ1v) is 11.1. The minimum absolute atomic E-state index is 0.197. The number of piperazine rings is 1. The molecule has 0 unspecified atom stereocenters. The van der Waals surface area contributed by atoms with Crippen molar-refractivity contribution in [2.24, 2.45) is 0 Å². The molecule has 0 radical (unpaired) electrons. The second-order valence-electron chi connectivity index (χ2n) is 7.49. The van der Waals surface area contributed by atoms with E-state index >= 15 is 0 Å². The third-order valence-electron chi connectivity index (χ3n) is 5.32. The number of hydrogen-bond acceptors (Lipinski definition) is 5. The van der Waals surface area contributed by atoms with Crippen LogP contribution in [-0.2, 0) is 14.8 Å². The van der Waals surface area contributed by atoms with E-state index in [-0.39, 0.29) is 18.6 Å². The summed E-state index contributed by atoms with van der Waals surface area (Å²) in [6, 6.07) is 4.62. The van der Waals surface area contributed by atoms with E-state index in [1.807, 2.05) is 30.9 Å². The average Bonchev–Trinajstić information content (AvgIpc) is 2.92. The summed E-state index contributed by atoms with van der Waals surface area (Å²) >= 11 is 0. The van der Waals surface area contributed by atoms with Crippen molar-refractivity contribution in [3.05, 3.63) is 29.3 Å². The van der Waals surface area contributed by atoms with Crippen LogP contribution in [-0.4, -0.2) is 73.4 Å². The number of urea groups is 1. The number of nitrogens with zero attached hydrogens (tertiary/aromatic N) is 3. The summed E-state index contributed by atoms with van der Waals surface area (Å²) < 4.78 is 27.5. The Bertz CT molecular complexity index is 863. The van der Waals surface area contributed by atoms with Gasteiger partial charge in [-0.3, -0.25) is 9.69 Å². The number of rotatable bonds is 6. The van der Waals surface area contributed by atoms with Gasteiger partial charge in [-0.1, -0.05) is 25.5 Å². The summed E-state index contributed by atoms with van der Waals surface area (Å²) in [7, 11) is -3.56. The summed E-state index contributed by atoms with van der Waals surface area (Å²) in [4.78, 5) is 28.0. The van der Waals surface area contributed by atoms with Gasteiger partial charge < -0.3 is 5.32 Å². The van der Waals surface area contributed by atoms with E-state index in [1.165, 1.54) is 9.21 Å². The fourth-order valence-electron chi connectivity index (χ4n) is 3.63. The molecule has 1 atom stereocenters. The number of aryl methyl sites for hydroxylation is 2. The van der Waals surface area contributed by atoms with Crippen molar-refractivity contribution in [3.8, 4) is 0 Å². The maximum Gasteiger partial charge on any atom is 0.325 e. The van der Waals surface area contributed by atoms with Crippen LogP contribution in [0.3, 0.4) is 0 Å². The maximum atomic E-state index is 13.0. The highest BCUT2D eigenvalue weighted by atomic mass is 32.2. The molecule has 2 fully saturated rings. The highest BCUT2D eigenvalue weighted by Crippen LogP contribution is 2.23. The fraction of sp³-hybridized carbons (Fsp3) is 0.579. The highest BCUT2D eigenvalue weighted by molar-refractivity contribution is 7.89. The summed E-state index contributed by atoms with van der Waals surface area (Å²) in [6.07, 6.45) is 1.45. The number of hydrogen-bond donors (Lipinski definition) is 1. The Kier molecular flexibility index (Phi) is 6.07. The van der Waals surface area contributed by atoms with E-state index in [0.29, 0.717) is 37.5 Å². The van der Waals surface area contributed by atoms with Gasteiger partial charge in [-0.2, -0.15) is 4.31 Å². The molecule has 3 amide bonds. The number of carbonyl (C=O) groups excluding carboxylic acids is 2. The lowest BCUT2D eigenvalue weighted by atomic mass is 10.2. The van der Waals surface area contributed by atoms with Crippen LogP contribution in [0.15, 0.2) is 23.1 Å². The summed E-state index contributed by atoms with van der Waals surface area (Å²) in [5.41, 5.74) is 1.64. The molecule has 2 heterocycles. The molecule has 2 aliphatic heterocycles.